The third-order valence-electron chi connectivity index (χ3n) is 4.52. The van der Waals surface area contributed by atoms with Crippen LogP contribution in [0.1, 0.15) is 40.5 Å². The molecule has 24 heavy (non-hydrogen) atoms. The number of hydrogen-bond donors (Lipinski definition) is 1. The first-order chi connectivity index (χ1) is 11.3. The summed E-state index contributed by atoms with van der Waals surface area (Å²) in [6.07, 6.45) is 0.171. The number of fused-ring (bicyclic) bond motifs is 1. The molecule has 0 spiro atoms. The number of rotatable bonds is 4. The summed E-state index contributed by atoms with van der Waals surface area (Å²) in [5.74, 6) is -2.02. The number of ether oxygens (including phenoxy) is 1. The third kappa shape index (κ3) is 2.15. The van der Waals surface area contributed by atoms with Crippen molar-refractivity contribution in [1.29, 1.82) is 0 Å². The quantitative estimate of drug-likeness (QED) is 0.790. The van der Waals surface area contributed by atoms with Gasteiger partial charge in [0.25, 0.3) is 17.7 Å². The zero-order valence-electron chi connectivity index (χ0n) is 13.3. The standard InChI is InChI=1S/C15H17N3O5S/c1-15(4-3-9(19)17(14(15)22)5-6-23-2)18-12(20)8-7-24-11(16)10(8)13(18)21/h7H,3-6,16H2,1-2H3/t15-/m1/s1. The summed E-state index contributed by atoms with van der Waals surface area (Å²) in [5.41, 5.74) is 4.75. The van der Waals surface area contributed by atoms with Crippen LogP contribution in [0.5, 0.6) is 0 Å². The normalized spacial score (nSPS) is 24.1. The zero-order chi connectivity index (χ0) is 17.6. The minimum absolute atomic E-state index is 0.0747. The van der Waals surface area contributed by atoms with Gasteiger partial charge in [0.05, 0.1) is 29.3 Å². The van der Waals surface area contributed by atoms with Crippen LogP contribution in [0.15, 0.2) is 5.38 Å². The van der Waals surface area contributed by atoms with Crippen molar-refractivity contribution in [3.8, 4) is 0 Å². The molecule has 1 fully saturated rings. The van der Waals surface area contributed by atoms with E-state index >= 15 is 0 Å². The minimum Gasteiger partial charge on any atom is -0.390 e. The Morgan fingerprint density at radius 1 is 1.29 bits per heavy atom. The number of hydrogen-bond acceptors (Lipinski definition) is 7. The Balaban J connectivity index is 1.96. The summed E-state index contributed by atoms with van der Waals surface area (Å²) >= 11 is 1.12. The monoisotopic (exact) mass is 351 g/mol. The Bertz CT molecular complexity index is 758. The van der Waals surface area contributed by atoms with Crippen molar-refractivity contribution in [1.82, 2.24) is 9.80 Å². The molecule has 128 valence electrons. The van der Waals surface area contributed by atoms with Gasteiger partial charge in [0.1, 0.15) is 5.54 Å². The number of nitrogens with two attached hydrogens (primary N) is 1. The molecule has 0 unspecified atom stereocenters. The van der Waals surface area contributed by atoms with Crippen molar-refractivity contribution in [3.63, 3.8) is 0 Å². The van der Waals surface area contributed by atoms with Crippen LogP contribution in [0.2, 0.25) is 0 Å². The predicted octanol–water partition coefficient (Wildman–Crippen LogP) is 0.480. The van der Waals surface area contributed by atoms with Crippen molar-refractivity contribution in [2.24, 2.45) is 0 Å². The summed E-state index contributed by atoms with van der Waals surface area (Å²) in [4.78, 5) is 52.3. The molecule has 0 bridgehead atoms. The molecule has 9 heteroatoms. The predicted molar refractivity (Wildman–Crippen MR) is 85.5 cm³/mol. The Labute approximate surface area is 142 Å². The van der Waals surface area contributed by atoms with E-state index in [1.807, 2.05) is 0 Å². The second kappa shape index (κ2) is 5.67. The maximum atomic E-state index is 12.9. The van der Waals surface area contributed by atoms with E-state index in [4.69, 9.17) is 10.5 Å². The van der Waals surface area contributed by atoms with E-state index < -0.39 is 23.3 Å². The number of piperidine rings is 1. The van der Waals surface area contributed by atoms with Gasteiger partial charge in [-0.25, -0.2) is 0 Å². The number of amides is 4. The molecule has 1 aromatic heterocycles. The molecule has 2 aliphatic heterocycles. The molecule has 8 nitrogen and oxygen atoms in total. The Morgan fingerprint density at radius 2 is 2.00 bits per heavy atom. The van der Waals surface area contributed by atoms with E-state index in [1.54, 1.807) is 0 Å². The first-order valence-corrected chi connectivity index (χ1v) is 8.30. The first-order valence-electron chi connectivity index (χ1n) is 7.42. The number of carbonyl (C=O) groups excluding carboxylic acids is 4. The van der Waals surface area contributed by atoms with Crippen molar-refractivity contribution >= 4 is 40.0 Å². The molecular formula is C15H17N3O5S. The number of carbonyl (C=O) groups is 4. The number of anilines is 1. The van der Waals surface area contributed by atoms with Gasteiger partial charge in [-0.3, -0.25) is 29.0 Å². The molecule has 3 heterocycles. The van der Waals surface area contributed by atoms with Crippen LogP contribution in [0.4, 0.5) is 5.00 Å². The summed E-state index contributed by atoms with van der Waals surface area (Å²) < 4.78 is 4.92. The number of imide groups is 2. The highest BCUT2D eigenvalue weighted by molar-refractivity contribution is 7.14. The maximum absolute atomic E-state index is 12.9. The van der Waals surface area contributed by atoms with Crippen LogP contribution in [0.3, 0.4) is 0 Å². The van der Waals surface area contributed by atoms with Crippen LogP contribution >= 0.6 is 11.3 Å². The lowest BCUT2D eigenvalue weighted by Gasteiger charge is -2.42. The maximum Gasteiger partial charge on any atom is 0.265 e. The fourth-order valence-electron chi connectivity index (χ4n) is 3.14. The minimum atomic E-state index is -1.40. The zero-order valence-corrected chi connectivity index (χ0v) is 14.1. The fraction of sp³-hybridized carbons (Fsp3) is 0.467. The lowest BCUT2D eigenvalue weighted by Crippen LogP contribution is -2.64. The van der Waals surface area contributed by atoms with Gasteiger partial charge in [-0.15, -0.1) is 11.3 Å². The van der Waals surface area contributed by atoms with Gasteiger partial charge in [-0.2, -0.15) is 0 Å². The van der Waals surface area contributed by atoms with Gasteiger partial charge < -0.3 is 10.5 Å². The van der Waals surface area contributed by atoms with Crippen molar-refractivity contribution < 1.29 is 23.9 Å². The average Bonchev–Trinajstić information content (AvgIpc) is 3.04. The van der Waals surface area contributed by atoms with Gasteiger partial charge in [0.2, 0.25) is 5.91 Å². The summed E-state index contributed by atoms with van der Waals surface area (Å²) in [6, 6.07) is 0. The number of thiophene rings is 1. The smallest absolute Gasteiger partial charge is 0.265 e. The summed E-state index contributed by atoms with van der Waals surface area (Å²) in [7, 11) is 1.46. The second-order valence-electron chi connectivity index (χ2n) is 5.95. The van der Waals surface area contributed by atoms with E-state index in [-0.39, 0.29) is 48.0 Å². The largest absolute Gasteiger partial charge is 0.390 e. The molecule has 0 saturated carbocycles. The summed E-state index contributed by atoms with van der Waals surface area (Å²) in [5, 5.41) is 1.78. The molecular weight excluding hydrogens is 334 g/mol. The molecule has 4 amide bonds. The van der Waals surface area contributed by atoms with E-state index in [0.29, 0.717) is 0 Å². The topological polar surface area (TPSA) is 110 Å². The van der Waals surface area contributed by atoms with Crippen molar-refractivity contribution in [2.75, 3.05) is 26.0 Å². The van der Waals surface area contributed by atoms with Crippen LogP contribution in [-0.2, 0) is 14.3 Å². The molecule has 1 saturated heterocycles. The van der Waals surface area contributed by atoms with Crippen LogP contribution < -0.4 is 5.73 Å². The molecule has 1 aromatic rings. The van der Waals surface area contributed by atoms with E-state index in [0.717, 1.165) is 21.1 Å². The van der Waals surface area contributed by atoms with Gasteiger partial charge in [0, 0.05) is 18.9 Å². The van der Waals surface area contributed by atoms with E-state index in [9.17, 15) is 19.2 Å². The first kappa shape index (κ1) is 16.6. The Kier molecular flexibility index (Phi) is 3.92. The number of nitrogens with zero attached hydrogens (tertiary/aromatic N) is 2. The van der Waals surface area contributed by atoms with Crippen molar-refractivity contribution in [3.05, 3.63) is 16.5 Å². The molecule has 2 aliphatic rings. The SMILES string of the molecule is COCCN1C(=O)CC[C@@](C)(N2C(=O)c3csc(N)c3C2=O)C1=O. The van der Waals surface area contributed by atoms with Gasteiger partial charge >= 0.3 is 0 Å². The number of nitrogen functional groups attached to an aromatic ring is 1. The van der Waals surface area contributed by atoms with E-state index in [1.165, 1.54) is 19.4 Å². The molecule has 0 aliphatic carbocycles. The van der Waals surface area contributed by atoms with Gasteiger partial charge in [0.15, 0.2) is 0 Å². The molecule has 1 atom stereocenters. The van der Waals surface area contributed by atoms with Crippen LogP contribution in [0, 0.1) is 0 Å². The van der Waals surface area contributed by atoms with Crippen LogP contribution in [0.25, 0.3) is 0 Å². The molecule has 2 N–H and O–H groups in total. The Hall–Kier alpha value is -2.26. The molecule has 0 radical (unpaired) electrons. The fourth-order valence-corrected chi connectivity index (χ4v) is 3.91. The highest BCUT2D eigenvalue weighted by Gasteiger charge is 2.55. The van der Waals surface area contributed by atoms with E-state index in [2.05, 4.69) is 0 Å². The van der Waals surface area contributed by atoms with Crippen molar-refractivity contribution in [2.45, 2.75) is 25.3 Å². The Morgan fingerprint density at radius 3 is 2.62 bits per heavy atom. The molecule has 3 rings (SSSR count). The number of methoxy groups -OCH3 is 1. The average molecular weight is 351 g/mol. The lowest BCUT2D eigenvalue weighted by atomic mass is 9.87. The summed E-state index contributed by atoms with van der Waals surface area (Å²) in [6.45, 7) is 1.79. The third-order valence-corrected chi connectivity index (χ3v) is 5.33. The molecule has 0 aromatic carbocycles. The van der Waals surface area contributed by atoms with Gasteiger partial charge in [-0.1, -0.05) is 0 Å². The highest BCUT2D eigenvalue weighted by Crippen LogP contribution is 2.40. The highest BCUT2D eigenvalue weighted by atomic mass is 32.1. The van der Waals surface area contributed by atoms with Crippen LogP contribution in [-0.4, -0.2) is 59.2 Å². The second-order valence-corrected chi connectivity index (χ2v) is 6.86. The van der Waals surface area contributed by atoms with Gasteiger partial charge in [-0.05, 0) is 13.3 Å². The lowest BCUT2D eigenvalue weighted by molar-refractivity contribution is -0.157. The number of likely N-dealkylation sites (tertiary alicyclic amines) is 1.